The number of carbonyl (C=O) groups is 1. The molecule has 1 unspecified atom stereocenters. The molecule has 0 saturated carbocycles. The molecule has 1 amide bonds. The van der Waals surface area contributed by atoms with E-state index in [0.29, 0.717) is 38.5 Å². The number of aromatic nitrogens is 2. The molecule has 140 valence electrons. The Morgan fingerprint density at radius 1 is 1.26 bits per heavy atom. The van der Waals surface area contributed by atoms with Crippen LogP contribution >= 0.6 is 11.3 Å². The predicted octanol–water partition coefficient (Wildman–Crippen LogP) is 2.88. The van der Waals surface area contributed by atoms with Crippen molar-refractivity contribution in [2.24, 2.45) is 0 Å². The Balaban J connectivity index is 1.63. The summed E-state index contributed by atoms with van der Waals surface area (Å²) in [6, 6.07) is 11.8. The molecule has 0 radical (unpaired) electrons. The largest absolute Gasteiger partial charge is 0.378 e. The van der Waals surface area contributed by atoms with Gasteiger partial charge in [-0.2, -0.15) is 0 Å². The summed E-state index contributed by atoms with van der Waals surface area (Å²) >= 11 is 1.63. The number of morpholine rings is 1. The van der Waals surface area contributed by atoms with Crippen LogP contribution in [0.25, 0.3) is 10.2 Å². The number of thiophene rings is 1. The van der Waals surface area contributed by atoms with E-state index in [9.17, 15) is 4.79 Å². The highest BCUT2D eigenvalue weighted by atomic mass is 32.1. The van der Waals surface area contributed by atoms with Crippen LogP contribution in [0.3, 0.4) is 0 Å². The number of carbonyl (C=O) groups excluding carboxylic acids is 1. The van der Waals surface area contributed by atoms with Gasteiger partial charge in [-0.1, -0.05) is 30.3 Å². The summed E-state index contributed by atoms with van der Waals surface area (Å²) in [4.78, 5) is 26.0. The van der Waals surface area contributed by atoms with Crippen molar-refractivity contribution in [3.05, 3.63) is 53.2 Å². The van der Waals surface area contributed by atoms with E-state index in [4.69, 9.17) is 4.74 Å². The number of hydrogen-bond acceptors (Lipinski definition) is 6. The zero-order valence-corrected chi connectivity index (χ0v) is 16.0. The average Bonchev–Trinajstić information content (AvgIpc) is 3.09. The second-order valence-corrected chi connectivity index (χ2v) is 7.86. The van der Waals surface area contributed by atoms with Gasteiger partial charge in [0.15, 0.2) is 0 Å². The van der Waals surface area contributed by atoms with Crippen molar-refractivity contribution in [1.82, 2.24) is 14.9 Å². The van der Waals surface area contributed by atoms with Crippen LogP contribution in [0.1, 0.15) is 10.4 Å². The van der Waals surface area contributed by atoms with Crippen LogP contribution in [0.15, 0.2) is 42.7 Å². The number of anilines is 1. The quantitative estimate of drug-likeness (QED) is 0.735. The first-order chi connectivity index (χ1) is 13.2. The number of fused-ring (bicyclic) bond motifs is 1. The molecule has 7 heteroatoms. The molecule has 0 bridgehead atoms. The third-order valence-electron chi connectivity index (χ3n) is 4.67. The fourth-order valence-electron chi connectivity index (χ4n) is 3.31. The van der Waals surface area contributed by atoms with Gasteiger partial charge in [-0.15, -0.1) is 11.3 Å². The lowest BCUT2D eigenvalue weighted by Crippen LogP contribution is -2.48. The van der Waals surface area contributed by atoms with Gasteiger partial charge < -0.3 is 15.0 Å². The first-order valence-electron chi connectivity index (χ1n) is 9.09. The Morgan fingerprint density at radius 2 is 2.04 bits per heavy atom. The van der Waals surface area contributed by atoms with Gasteiger partial charge in [0.25, 0.3) is 0 Å². The van der Waals surface area contributed by atoms with E-state index in [2.05, 4.69) is 28.3 Å². The fourth-order valence-corrected chi connectivity index (χ4v) is 4.16. The number of nitrogens with one attached hydrogen (secondary N) is 1. The summed E-state index contributed by atoms with van der Waals surface area (Å²) in [7, 11) is 0. The van der Waals surface area contributed by atoms with Crippen LogP contribution in [0.5, 0.6) is 0 Å². The van der Waals surface area contributed by atoms with Crippen molar-refractivity contribution in [3.63, 3.8) is 0 Å². The van der Waals surface area contributed by atoms with E-state index in [1.807, 2.05) is 35.2 Å². The summed E-state index contributed by atoms with van der Waals surface area (Å²) in [5.41, 5.74) is 1.11. The summed E-state index contributed by atoms with van der Waals surface area (Å²) in [5, 5.41) is 4.37. The molecule has 1 atom stereocenters. The number of hydrogen-bond donors (Lipinski definition) is 1. The molecule has 4 rings (SSSR count). The molecule has 1 aliphatic heterocycles. The van der Waals surface area contributed by atoms with Crippen molar-refractivity contribution >= 4 is 33.3 Å². The van der Waals surface area contributed by atoms with Crippen LogP contribution in [0.4, 0.5) is 5.82 Å². The van der Waals surface area contributed by atoms with Crippen molar-refractivity contribution in [1.29, 1.82) is 0 Å². The predicted molar refractivity (Wildman–Crippen MR) is 107 cm³/mol. The topological polar surface area (TPSA) is 67.4 Å². The highest BCUT2D eigenvalue weighted by Gasteiger charge is 2.27. The third kappa shape index (κ3) is 4.09. The molecular formula is C20H22N4O2S. The molecule has 27 heavy (non-hydrogen) atoms. The maximum Gasteiger partial charge on any atom is 0.245 e. The van der Waals surface area contributed by atoms with Crippen molar-refractivity contribution in [3.8, 4) is 0 Å². The van der Waals surface area contributed by atoms with E-state index < -0.39 is 0 Å². The van der Waals surface area contributed by atoms with Crippen molar-refractivity contribution in [2.75, 3.05) is 31.6 Å². The smallest absolute Gasteiger partial charge is 0.245 e. The van der Waals surface area contributed by atoms with Gasteiger partial charge in [0, 0.05) is 24.4 Å². The summed E-state index contributed by atoms with van der Waals surface area (Å²) < 4.78 is 5.39. The molecule has 1 saturated heterocycles. The molecule has 2 aromatic heterocycles. The van der Waals surface area contributed by atoms with Gasteiger partial charge in [-0.3, -0.25) is 4.79 Å². The minimum Gasteiger partial charge on any atom is -0.378 e. The normalized spacial score (nSPS) is 15.7. The zero-order chi connectivity index (χ0) is 18.6. The molecule has 0 aliphatic carbocycles. The molecular weight excluding hydrogens is 360 g/mol. The van der Waals surface area contributed by atoms with Gasteiger partial charge in [0.05, 0.1) is 18.6 Å². The van der Waals surface area contributed by atoms with Crippen LogP contribution in [0, 0.1) is 6.92 Å². The van der Waals surface area contributed by atoms with E-state index in [-0.39, 0.29) is 11.9 Å². The van der Waals surface area contributed by atoms with Gasteiger partial charge in [-0.25, -0.2) is 9.97 Å². The molecule has 3 aromatic rings. The second kappa shape index (κ2) is 8.02. The first-order valence-corrected chi connectivity index (χ1v) is 9.90. The number of ether oxygens (including phenoxy) is 1. The van der Waals surface area contributed by atoms with E-state index in [1.165, 1.54) is 4.88 Å². The lowest BCUT2D eigenvalue weighted by atomic mass is 10.0. The first kappa shape index (κ1) is 17.9. The maximum atomic E-state index is 13.2. The minimum absolute atomic E-state index is 0.0841. The fraction of sp³-hybridized carbons (Fsp3) is 0.350. The third-order valence-corrected chi connectivity index (χ3v) is 5.63. The van der Waals surface area contributed by atoms with Crippen LogP contribution in [-0.4, -0.2) is 53.1 Å². The van der Waals surface area contributed by atoms with Gasteiger partial charge in [0.2, 0.25) is 5.91 Å². The maximum absolute atomic E-state index is 13.2. The van der Waals surface area contributed by atoms with Gasteiger partial charge in [0.1, 0.15) is 23.0 Å². The highest BCUT2D eigenvalue weighted by Crippen LogP contribution is 2.28. The van der Waals surface area contributed by atoms with Gasteiger partial charge in [-0.05, 0) is 18.6 Å². The minimum atomic E-state index is -0.385. The Morgan fingerprint density at radius 3 is 2.81 bits per heavy atom. The van der Waals surface area contributed by atoms with Crippen molar-refractivity contribution in [2.45, 2.75) is 19.4 Å². The highest BCUT2D eigenvalue weighted by molar-refractivity contribution is 7.18. The molecule has 1 aromatic carbocycles. The van der Waals surface area contributed by atoms with Gasteiger partial charge >= 0.3 is 0 Å². The Labute approximate surface area is 162 Å². The SMILES string of the molecule is Cc1cc2c(NC(Cc3ccccc3)C(=O)N3CCOCC3)ncnc2s1. The molecule has 0 spiro atoms. The molecule has 6 nitrogen and oxygen atoms in total. The molecule has 1 aliphatic rings. The number of nitrogens with zero attached hydrogens (tertiary/aromatic N) is 3. The van der Waals surface area contributed by atoms with Crippen molar-refractivity contribution < 1.29 is 9.53 Å². The molecule has 1 N–H and O–H groups in total. The Kier molecular flexibility index (Phi) is 5.31. The molecule has 3 heterocycles. The Hall–Kier alpha value is -2.51. The van der Waals surface area contributed by atoms with Crippen LogP contribution < -0.4 is 5.32 Å². The lowest BCUT2D eigenvalue weighted by Gasteiger charge is -2.31. The lowest BCUT2D eigenvalue weighted by molar-refractivity contribution is -0.136. The average molecular weight is 382 g/mol. The Bertz CT molecular complexity index is 922. The molecule has 1 fully saturated rings. The van der Waals surface area contributed by atoms with Crippen LogP contribution in [0.2, 0.25) is 0 Å². The second-order valence-electron chi connectivity index (χ2n) is 6.62. The standard InChI is InChI=1S/C20H22N4O2S/c1-14-11-16-18(21-13-22-19(16)27-14)23-17(12-15-5-3-2-4-6-15)20(25)24-7-9-26-10-8-24/h2-6,11,13,17H,7-10,12H2,1H3,(H,21,22,23). The monoisotopic (exact) mass is 382 g/mol. The number of benzene rings is 1. The summed E-state index contributed by atoms with van der Waals surface area (Å²) in [5.74, 6) is 0.799. The van der Waals surface area contributed by atoms with Crippen LogP contribution in [-0.2, 0) is 16.0 Å². The number of rotatable bonds is 5. The zero-order valence-electron chi connectivity index (χ0n) is 15.2. The summed E-state index contributed by atoms with van der Waals surface area (Å²) in [6.45, 7) is 4.48. The number of amides is 1. The van der Waals surface area contributed by atoms with E-state index in [0.717, 1.165) is 15.8 Å². The number of aryl methyl sites for hydroxylation is 1. The summed E-state index contributed by atoms with van der Waals surface area (Å²) in [6.07, 6.45) is 2.16. The van der Waals surface area contributed by atoms with E-state index >= 15 is 0 Å². The van der Waals surface area contributed by atoms with E-state index in [1.54, 1.807) is 17.7 Å².